The number of rotatable bonds is 4. The van der Waals surface area contributed by atoms with Gasteiger partial charge in [-0.05, 0) is 90.0 Å². The molecule has 256 valence electrons. The second kappa shape index (κ2) is 11.5. The first kappa shape index (κ1) is 30.7. The number of fused-ring (bicyclic) bond motifs is 8. The van der Waals surface area contributed by atoms with Crippen molar-refractivity contribution in [3.63, 3.8) is 0 Å². The van der Waals surface area contributed by atoms with Crippen LogP contribution in [0.15, 0.2) is 182 Å². The van der Waals surface area contributed by atoms with Crippen molar-refractivity contribution in [2.24, 2.45) is 0 Å². The van der Waals surface area contributed by atoms with Crippen molar-refractivity contribution >= 4 is 60.8 Å². The molecule has 0 saturated heterocycles. The Morgan fingerprint density at radius 1 is 0.407 bits per heavy atom. The molecule has 0 radical (unpaired) electrons. The van der Waals surface area contributed by atoms with Gasteiger partial charge in [-0.15, -0.1) is 0 Å². The highest BCUT2D eigenvalue weighted by Gasteiger charge is 2.36. The fraction of sp³-hybridized carbons (Fsp3) is 0.0600. The Bertz CT molecular complexity index is 3030. The molecule has 0 aliphatic carbocycles. The lowest BCUT2D eigenvalue weighted by Gasteiger charge is -2.42. The predicted molar refractivity (Wildman–Crippen MR) is 225 cm³/mol. The van der Waals surface area contributed by atoms with Gasteiger partial charge in [0.05, 0.1) is 44.7 Å². The highest BCUT2D eigenvalue weighted by molar-refractivity contribution is 6.12. The molecule has 4 nitrogen and oxygen atoms in total. The lowest BCUT2D eigenvalue weighted by Crippen LogP contribution is -2.30. The number of hydrogen-bond acceptors (Lipinski definition) is 2. The van der Waals surface area contributed by atoms with Crippen LogP contribution in [0.3, 0.4) is 0 Å². The fourth-order valence-electron chi connectivity index (χ4n) is 8.96. The molecule has 0 amide bonds. The van der Waals surface area contributed by atoms with E-state index in [1.807, 2.05) is 0 Å². The summed E-state index contributed by atoms with van der Waals surface area (Å²) in [6, 6.07) is 65.8. The Hall–Kier alpha value is -6.91. The Labute approximate surface area is 313 Å². The summed E-state index contributed by atoms with van der Waals surface area (Å²) in [6.07, 6.45) is 0. The van der Waals surface area contributed by atoms with E-state index in [9.17, 15) is 0 Å². The lowest BCUT2D eigenvalue weighted by atomic mass is 9.73. The van der Waals surface area contributed by atoms with E-state index in [0.717, 1.165) is 50.3 Å². The minimum atomic E-state index is -0.108. The summed E-state index contributed by atoms with van der Waals surface area (Å²) in [6.45, 7) is 4.68. The maximum absolute atomic E-state index is 5.34. The van der Waals surface area contributed by atoms with Crippen LogP contribution in [0.4, 0.5) is 17.1 Å². The topological polar surface area (TPSA) is 26.0 Å². The molecule has 0 unspecified atom stereocenters. The maximum Gasteiger partial charge on any atom is 0.0971 e. The van der Waals surface area contributed by atoms with Crippen LogP contribution >= 0.6 is 0 Å². The first-order chi connectivity index (χ1) is 26.6. The molecule has 10 aromatic rings. The molecule has 0 spiro atoms. The summed E-state index contributed by atoms with van der Waals surface area (Å²) < 4.78 is 4.76. The van der Waals surface area contributed by atoms with Gasteiger partial charge in [-0.1, -0.05) is 117 Å². The van der Waals surface area contributed by atoms with Crippen molar-refractivity contribution in [1.29, 1.82) is 0 Å². The number of hydrogen-bond donors (Lipinski definition) is 0. The highest BCUT2D eigenvalue weighted by atomic mass is 15.2. The lowest BCUT2D eigenvalue weighted by molar-refractivity contribution is 0.632. The smallest absolute Gasteiger partial charge is 0.0971 e. The van der Waals surface area contributed by atoms with Crippen molar-refractivity contribution in [1.82, 2.24) is 14.1 Å². The number of pyridine rings is 1. The van der Waals surface area contributed by atoms with Crippen molar-refractivity contribution in [2.45, 2.75) is 19.3 Å². The minimum absolute atomic E-state index is 0.108. The van der Waals surface area contributed by atoms with Crippen LogP contribution in [-0.2, 0) is 5.41 Å². The second-order valence-electron chi connectivity index (χ2n) is 14.9. The molecule has 1 aliphatic heterocycles. The van der Waals surface area contributed by atoms with Crippen LogP contribution in [0, 0.1) is 0 Å². The fourth-order valence-corrected chi connectivity index (χ4v) is 8.96. The summed E-state index contributed by atoms with van der Waals surface area (Å²) in [5.41, 5.74) is 16.0. The van der Waals surface area contributed by atoms with Crippen molar-refractivity contribution in [3.8, 4) is 22.6 Å². The molecule has 4 heteroatoms. The zero-order chi connectivity index (χ0) is 36.0. The van der Waals surface area contributed by atoms with E-state index < -0.39 is 0 Å². The van der Waals surface area contributed by atoms with Crippen molar-refractivity contribution in [3.05, 3.63) is 193 Å². The monoisotopic (exact) mass is 692 g/mol. The van der Waals surface area contributed by atoms with Crippen LogP contribution in [-0.4, -0.2) is 14.1 Å². The van der Waals surface area contributed by atoms with Crippen molar-refractivity contribution in [2.75, 3.05) is 4.90 Å². The van der Waals surface area contributed by atoms with Crippen molar-refractivity contribution < 1.29 is 0 Å². The van der Waals surface area contributed by atoms with E-state index in [0.29, 0.717) is 0 Å². The maximum atomic E-state index is 5.34. The van der Waals surface area contributed by atoms with E-state index in [1.54, 1.807) is 0 Å². The van der Waals surface area contributed by atoms with E-state index in [4.69, 9.17) is 4.98 Å². The molecule has 11 rings (SSSR count). The largest absolute Gasteiger partial charge is 0.310 e. The van der Waals surface area contributed by atoms with Gasteiger partial charge in [0.15, 0.2) is 0 Å². The number of benzene rings is 7. The molecule has 4 heterocycles. The second-order valence-corrected chi connectivity index (χ2v) is 14.9. The van der Waals surface area contributed by atoms with Gasteiger partial charge in [0.25, 0.3) is 0 Å². The molecular formula is C50H36N4. The molecule has 0 bridgehead atoms. The predicted octanol–water partition coefficient (Wildman–Crippen LogP) is 13.1. The van der Waals surface area contributed by atoms with Gasteiger partial charge in [0.1, 0.15) is 0 Å². The molecule has 3 aromatic heterocycles. The number of aromatic nitrogens is 3. The number of anilines is 3. The number of para-hydroxylation sites is 4. The van der Waals surface area contributed by atoms with E-state index in [1.165, 1.54) is 44.3 Å². The van der Waals surface area contributed by atoms with Gasteiger partial charge in [-0.25, -0.2) is 4.98 Å². The average Bonchev–Trinajstić information content (AvgIpc) is 3.73. The molecule has 0 fully saturated rings. The minimum Gasteiger partial charge on any atom is -0.310 e. The first-order valence-electron chi connectivity index (χ1n) is 18.6. The van der Waals surface area contributed by atoms with Gasteiger partial charge in [0, 0.05) is 44.2 Å². The average molecular weight is 693 g/mol. The van der Waals surface area contributed by atoms with Gasteiger partial charge in [-0.2, -0.15) is 0 Å². The van der Waals surface area contributed by atoms with Crippen LogP contribution < -0.4 is 4.90 Å². The SMILES string of the molecule is CC1(C)c2ccccc2N(c2ccc3c(c2)c2ccccc2n3-c2ccc3c(c2)c2nc(-c4ccccc4)ccc2n3-c2ccccc2)c2ccccc21. The van der Waals surface area contributed by atoms with Crippen LogP contribution in [0.25, 0.3) is 66.4 Å². The summed E-state index contributed by atoms with van der Waals surface area (Å²) in [5.74, 6) is 0. The summed E-state index contributed by atoms with van der Waals surface area (Å²) in [5, 5.41) is 3.57. The summed E-state index contributed by atoms with van der Waals surface area (Å²) >= 11 is 0. The van der Waals surface area contributed by atoms with E-state index >= 15 is 0 Å². The quantitative estimate of drug-likeness (QED) is 0.183. The van der Waals surface area contributed by atoms with Gasteiger partial charge < -0.3 is 14.0 Å². The third kappa shape index (κ3) is 4.40. The molecule has 7 aromatic carbocycles. The van der Waals surface area contributed by atoms with Gasteiger partial charge in [0.2, 0.25) is 0 Å². The van der Waals surface area contributed by atoms with Crippen LogP contribution in [0.2, 0.25) is 0 Å². The van der Waals surface area contributed by atoms with Crippen LogP contribution in [0.5, 0.6) is 0 Å². The Balaban J connectivity index is 1.14. The third-order valence-corrected chi connectivity index (χ3v) is 11.5. The van der Waals surface area contributed by atoms with E-state index in [-0.39, 0.29) is 5.41 Å². The molecule has 0 atom stereocenters. The molecule has 1 aliphatic rings. The Morgan fingerprint density at radius 3 is 1.69 bits per heavy atom. The zero-order valence-corrected chi connectivity index (χ0v) is 30.1. The molecular weight excluding hydrogens is 657 g/mol. The number of nitrogens with zero attached hydrogens (tertiary/aromatic N) is 4. The zero-order valence-electron chi connectivity index (χ0n) is 30.1. The first-order valence-corrected chi connectivity index (χ1v) is 18.6. The summed E-state index contributed by atoms with van der Waals surface area (Å²) in [7, 11) is 0. The summed E-state index contributed by atoms with van der Waals surface area (Å²) in [4.78, 5) is 7.79. The third-order valence-electron chi connectivity index (χ3n) is 11.5. The highest BCUT2D eigenvalue weighted by Crippen LogP contribution is 2.52. The van der Waals surface area contributed by atoms with E-state index in [2.05, 4.69) is 210 Å². The Morgan fingerprint density at radius 2 is 0.944 bits per heavy atom. The van der Waals surface area contributed by atoms with Gasteiger partial charge in [-0.3, -0.25) is 0 Å². The normalized spacial score (nSPS) is 13.5. The molecule has 0 saturated carbocycles. The van der Waals surface area contributed by atoms with Gasteiger partial charge >= 0.3 is 0 Å². The molecule has 54 heavy (non-hydrogen) atoms. The molecule has 0 N–H and O–H groups in total. The standard InChI is InChI=1S/C50H36N4/c1-50(2)40-20-10-13-23-46(40)54(47-24-14-11-21-41(47)50)35-25-28-44-38(31-35)37-19-9-12-22-43(37)53(44)36-26-29-45-39(32-36)49-48(52(45)34-17-7-4-8-18-34)30-27-42(51-49)33-15-5-3-6-16-33/h3-32H,1-2H3. The van der Waals surface area contributed by atoms with Crippen LogP contribution in [0.1, 0.15) is 25.0 Å². The Kier molecular flexibility index (Phi) is 6.56.